The van der Waals surface area contributed by atoms with Crippen LogP contribution in [0.3, 0.4) is 0 Å². The highest BCUT2D eigenvalue weighted by Crippen LogP contribution is 2.06. The molecule has 0 amide bonds. The predicted octanol–water partition coefficient (Wildman–Crippen LogP) is 7.33. The number of hydrogen-bond donors (Lipinski definition) is 2. The second kappa shape index (κ2) is 28.8. The van der Waals surface area contributed by atoms with Crippen LogP contribution in [0.1, 0.15) is 89.2 Å². The van der Waals surface area contributed by atoms with E-state index in [1.54, 1.807) is 0 Å². The van der Waals surface area contributed by atoms with Gasteiger partial charge in [-0.1, -0.05) is 102 Å². The molecule has 0 bridgehead atoms. The SMILES string of the molecule is CCOC(=O)CCCCCCBr.CCOC(=O)CCCCCCNCc1ccccc1.NCc1ccccc1. The van der Waals surface area contributed by atoms with Crippen molar-refractivity contribution in [1.82, 2.24) is 5.32 Å². The van der Waals surface area contributed by atoms with Gasteiger partial charge in [-0.05, 0) is 57.2 Å². The Balaban J connectivity index is 0.000000614. The fraction of sp³-hybridized carbons (Fsp3) is 0.562. The number of halogens is 1. The summed E-state index contributed by atoms with van der Waals surface area (Å²) in [5.41, 5.74) is 7.86. The molecule has 0 saturated carbocycles. The maximum absolute atomic E-state index is 11.1. The molecule has 0 aliphatic heterocycles. The Morgan fingerprint density at radius 3 is 1.59 bits per heavy atom. The first-order valence-electron chi connectivity index (χ1n) is 14.4. The fourth-order valence-corrected chi connectivity index (χ4v) is 3.90. The monoisotopic (exact) mass is 606 g/mol. The Kier molecular flexibility index (Phi) is 27.1. The number of alkyl halides is 1. The molecule has 0 saturated heterocycles. The van der Waals surface area contributed by atoms with Crippen LogP contribution >= 0.6 is 15.9 Å². The molecule has 0 spiro atoms. The number of carbonyl (C=O) groups excluding carboxylic acids is 2. The second-order valence-electron chi connectivity index (χ2n) is 8.98. The summed E-state index contributed by atoms with van der Waals surface area (Å²) in [5, 5.41) is 4.49. The van der Waals surface area contributed by atoms with Gasteiger partial charge in [-0.15, -0.1) is 0 Å². The van der Waals surface area contributed by atoms with Crippen LogP contribution in [0.25, 0.3) is 0 Å². The van der Waals surface area contributed by atoms with Gasteiger partial charge in [0.05, 0.1) is 13.2 Å². The summed E-state index contributed by atoms with van der Waals surface area (Å²) in [6.45, 7) is 7.28. The van der Waals surface area contributed by atoms with Crippen molar-refractivity contribution in [3.63, 3.8) is 0 Å². The number of hydrogen-bond acceptors (Lipinski definition) is 6. The highest BCUT2D eigenvalue weighted by atomic mass is 79.9. The average molecular weight is 608 g/mol. The molecule has 7 heteroatoms. The van der Waals surface area contributed by atoms with Crippen LogP contribution in [0.2, 0.25) is 0 Å². The minimum atomic E-state index is -0.0651. The summed E-state index contributed by atoms with van der Waals surface area (Å²) in [5.74, 6) is -0.124. The number of nitrogens with two attached hydrogens (primary N) is 1. The van der Waals surface area contributed by atoms with Crippen molar-refractivity contribution in [1.29, 1.82) is 0 Å². The van der Waals surface area contributed by atoms with Crippen molar-refractivity contribution in [2.24, 2.45) is 5.73 Å². The van der Waals surface area contributed by atoms with Gasteiger partial charge in [0.25, 0.3) is 0 Å². The first kappa shape index (κ1) is 36.8. The Labute approximate surface area is 245 Å². The standard InChI is InChI=1S/C16H25NO2.C9H17BrO2.C7H9N/c1-2-19-16(18)12-8-3-4-9-13-17-14-15-10-6-5-7-11-15;1-2-12-9(11)7-5-3-4-6-8-10;8-6-7-4-2-1-3-5-7/h5-7,10-11,17H,2-4,8-9,12-14H2,1H3;2-8H2,1H3;1-5H,6,8H2. The number of ether oxygens (including phenoxy) is 2. The summed E-state index contributed by atoms with van der Waals surface area (Å²) < 4.78 is 9.68. The number of benzene rings is 2. The minimum absolute atomic E-state index is 0.0589. The molecule has 2 aromatic carbocycles. The number of rotatable bonds is 18. The zero-order valence-corrected chi connectivity index (χ0v) is 25.8. The molecule has 220 valence electrons. The lowest BCUT2D eigenvalue weighted by Crippen LogP contribution is -2.14. The van der Waals surface area contributed by atoms with Crippen molar-refractivity contribution < 1.29 is 19.1 Å². The third-order valence-electron chi connectivity index (χ3n) is 5.61. The van der Waals surface area contributed by atoms with Gasteiger partial charge in [0.2, 0.25) is 0 Å². The molecule has 39 heavy (non-hydrogen) atoms. The normalized spacial score (nSPS) is 9.95. The molecule has 2 rings (SSSR count). The fourth-order valence-electron chi connectivity index (χ4n) is 3.50. The quantitative estimate of drug-likeness (QED) is 0.105. The molecule has 0 aromatic heterocycles. The van der Waals surface area contributed by atoms with Gasteiger partial charge in [0.15, 0.2) is 0 Å². The minimum Gasteiger partial charge on any atom is -0.466 e. The van der Waals surface area contributed by atoms with Gasteiger partial charge in [0.1, 0.15) is 0 Å². The van der Waals surface area contributed by atoms with Gasteiger partial charge in [-0.3, -0.25) is 9.59 Å². The smallest absolute Gasteiger partial charge is 0.305 e. The van der Waals surface area contributed by atoms with Crippen LogP contribution in [-0.2, 0) is 32.2 Å². The van der Waals surface area contributed by atoms with E-state index in [1.807, 2.05) is 50.2 Å². The maximum atomic E-state index is 11.1. The van der Waals surface area contributed by atoms with Crippen molar-refractivity contribution >= 4 is 27.9 Å². The molecule has 3 N–H and O–H groups in total. The summed E-state index contributed by atoms with van der Waals surface area (Å²) >= 11 is 3.36. The molecule has 2 aromatic rings. The average Bonchev–Trinajstić information content (AvgIpc) is 2.96. The summed E-state index contributed by atoms with van der Waals surface area (Å²) in [6, 6.07) is 20.4. The molecule has 0 fully saturated rings. The zero-order valence-electron chi connectivity index (χ0n) is 24.2. The largest absolute Gasteiger partial charge is 0.466 e. The number of carbonyl (C=O) groups is 2. The molecule has 0 aliphatic rings. The molecule has 0 unspecified atom stereocenters. The van der Waals surface area contributed by atoms with E-state index in [1.165, 1.54) is 30.4 Å². The van der Waals surface area contributed by atoms with E-state index in [-0.39, 0.29) is 11.9 Å². The molecule has 0 atom stereocenters. The van der Waals surface area contributed by atoms with E-state index in [0.717, 1.165) is 50.5 Å². The van der Waals surface area contributed by atoms with Crippen molar-refractivity contribution in [3.05, 3.63) is 71.8 Å². The highest BCUT2D eigenvalue weighted by Gasteiger charge is 2.01. The lowest BCUT2D eigenvalue weighted by Gasteiger charge is -2.05. The molecular formula is C32H51BrN2O4. The van der Waals surface area contributed by atoms with Crippen LogP contribution in [0.15, 0.2) is 60.7 Å². The van der Waals surface area contributed by atoms with Crippen LogP contribution in [-0.4, -0.2) is 37.0 Å². The van der Waals surface area contributed by atoms with E-state index >= 15 is 0 Å². The van der Waals surface area contributed by atoms with E-state index < -0.39 is 0 Å². The number of unbranched alkanes of at least 4 members (excludes halogenated alkanes) is 6. The van der Waals surface area contributed by atoms with E-state index in [9.17, 15) is 9.59 Å². The Bertz CT molecular complexity index is 806. The van der Waals surface area contributed by atoms with Gasteiger partial charge >= 0.3 is 11.9 Å². The molecule has 0 heterocycles. The molecule has 6 nitrogen and oxygen atoms in total. The summed E-state index contributed by atoms with van der Waals surface area (Å²) in [7, 11) is 0. The van der Waals surface area contributed by atoms with E-state index in [2.05, 4.69) is 45.5 Å². The van der Waals surface area contributed by atoms with Crippen LogP contribution < -0.4 is 11.1 Å². The van der Waals surface area contributed by atoms with Gasteiger partial charge < -0.3 is 20.5 Å². The summed E-state index contributed by atoms with van der Waals surface area (Å²) in [4.78, 5) is 21.9. The maximum Gasteiger partial charge on any atom is 0.305 e. The zero-order chi connectivity index (χ0) is 28.8. The molecule has 0 radical (unpaired) electrons. The van der Waals surface area contributed by atoms with E-state index in [4.69, 9.17) is 15.2 Å². The van der Waals surface area contributed by atoms with Gasteiger partial charge in [0, 0.05) is 31.3 Å². The lowest BCUT2D eigenvalue weighted by molar-refractivity contribution is -0.144. The Hall–Kier alpha value is -2.22. The van der Waals surface area contributed by atoms with E-state index in [0.29, 0.717) is 32.6 Å². The molecule has 0 aliphatic carbocycles. The topological polar surface area (TPSA) is 90.6 Å². The highest BCUT2D eigenvalue weighted by molar-refractivity contribution is 9.09. The third kappa shape index (κ3) is 25.8. The third-order valence-corrected chi connectivity index (χ3v) is 6.17. The van der Waals surface area contributed by atoms with Crippen molar-refractivity contribution in [3.8, 4) is 0 Å². The van der Waals surface area contributed by atoms with Crippen LogP contribution in [0.5, 0.6) is 0 Å². The first-order valence-corrected chi connectivity index (χ1v) is 15.5. The Morgan fingerprint density at radius 1 is 0.692 bits per heavy atom. The lowest BCUT2D eigenvalue weighted by atomic mass is 10.1. The van der Waals surface area contributed by atoms with Crippen LogP contribution in [0.4, 0.5) is 0 Å². The Morgan fingerprint density at radius 2 is 1.15 bits per heavy atom. The number of nitrogens with one attached hydrogen (secondary N) is 1. The number of esters is 2. The van der Waals surface area contributed by atoms with Gasteiger partial charge in [-0.25, -0.2) is 0 Å². The predicted molar refractivity (Wildman–Crippen MR) is 166 cm³/mol. The van der Waals surface area contributed by atoms with Crippen LogP contribution in [0, 0.1) is 0 Å². The first-order chi connectivity index (χ1) is 19.1. The summed E-state index contributed by atoms with van der Waals surface area (Å²) in [6.07, 6.45) is 10.0. The van der Waals surface area contributed by atoms with Crippen molar-refractivity contribution in [2.75, 3.05) is 25.1 Å². The molecular weight excluding hydrogens is 556 g/mol. The van der Waals surface area contributed by atoms with Gasteiger partial charge in [-0.2, -0.15) is 0 Å². The van der Waals surface area contributed by atoms with Crippen molar-refractivity contribution in [2.45, 2.75) is 91.1 Å². The second-order valence-corrected chi connectivity index (χ2v) is 9.77.